The Morgan fingerprint density at radius 3 is 2.42 bits per heavy atom. The Morgan fingerprint density at radius 2 is 1.84 bits per heavy atom. The minimum absolute atomic E-state index is 0.197. The molecule has 0 amide bonds. The van der Waals surface area contributed by atoms with Crippen molar-refractivity contribution in [3.05, 3.63) is 69.4 Å². The van der Waals surface area contributed by atoms with Crippen LogP contribution in [0.5, 0.6) is 0 Å². The van der Waals surface area contributed by atoms with E-state index in [1.165, 1.54) is 24.3 Å². The molecule has 2 aromatic carbocycles. The van der Waals surface area contributed by atoms with Crippen LogP contribution in [0.2, 0.25) is 0 Å². The number of halogens is 3. The minimum Gasteiger partial charge on any atom is -0.292 e. The number of benzene rings is 2. The number of ketones is 1. The number of carbonyl (C=O) groups excluding carboxylic acids is 1. The first-order chi connectivity index (χ1) is 8.97. The van der Waals surface area contributed by atoms with E-state index >= 15 is 0 Å². The van der Waals surface area contributed by atoms with Crippen molar-refractivity contribution in [1.82, 2.24) is 0 Å². The van der Waals surface area contributed by atoms with Gasteiger partial charge in [0.2, 0.25) is 0 Å². The molecule has 0 aliphatic carbocycles. The average molecular weight is 342 g/mol. The Bertz CT molecular complexity index is 590. The summed E-state index contributed by atoms with van der Waals surface area (Å²) in [7, 11) is 0. The Kier molecular flexibility index (Phi) is 4.38. The van der Waals surface area contributed by atoms with Crippen LogP contribution in [0.15, 0.2) is 46.9 Å². The highest BCUT2D eigenvalue weighted by atomic mass is 79.9. The van der Waals surface area contributed by atoms with E-state index in [9.17, 15) is 9.18 Å². The second-order valence-electron chi connectivity index (χ2n) is 4.30. The van der Waals surface area contributed by atoms with Gasteiger partial charge in [0.05, 0.1) is 0 Å². The molecule has 1 unspecified atom stereocenters. The number of aryl methyl sites for hydroxylation is 1. The first-order valence-electron chi connectivity index (χ1n) is 5.68. The molecule has 0 bridgehead atoms. The zero-order valence-electron chi connectivity index (χ0n) is 10.2. The highest BCUT2D eigenvalue weighted by Gasteiger charge is 2.20. The van der Waals surface area contributed by atoms with Crippen LogP contribution in [0.25, 0.3) is 0 Å². The molecule has 0 aliphatic rings. The predicted molar refractivity (Wildman–Crippen MR) is 78.2 cm³/mol. The first kappa shape index (κ1) is 14.2. The molecule has 0 heterocycles. The molecular weight excluding hydrogens is 331 g/mol. The van der Waals surface area contributed by atoms with Crippen molar-refractivity contribution in [1.29, 1.82) is 0 Å². The highest BCUT2D eigenvalue weighted by molar-refractivity contribution is 9.10. The summed E-state index contributed by atoms with van der Waals surface area (Å²) in [4.78, 5) is 12.3. The van der Waals surface area contributed by atoms with Gasteiger partial charge in [0.25, 0.3) is 0 Å². The van der Waals surface area contributed by atoms with Gasteiger partial charge < -0.3 is 0 Å². The Hall–Kier alpha value is -1.19. The normalized spacial score (nSPS) is 12.2. The van der Waals surface area contributed by atoms with E-state index in [1.54, 1.807) is 12.1 Å². The molecule has 1 nitrogen and oxygen atoms in total. The molecule has 0 spiro atoms. The summed E-state index contributed by atoms with van der Waals surface area (Å²) in [6, 6.07) is 11.1. The number of hydrogen-bond acceptors (Lipinski definition) is 1. The summed E-state index contributed by atoms with van der Waals surface area (Å²) in [5.41, 5.74) is 2.10. The van der Waals surface area contributed by atoms with Crippen molar-refractivity contribution < 1.29 is 9.18 Å². The van der Waals surface area contributed by atoms with Crippen LogP contribution in [0, 0.1) is 12.7 Å². The van der Waals surface area contributed by atoms with Crippen molar-refractivity contribution in [2.45, 2.75) is 12.3 Å². The number of carbonyl (C=O) groups is 1. The maximum atomic E-state index is 12.8. The lowest BCUT2D eigenvalue weighted by atomic mass is 10.0. The fourth-order valence-corrected chi connectivity index (χ4v) is 2.69. The Morgan fingerprint density at radius 1 is 1.21 bits per heavy atom. The SMILES string of the molecule is Cc1cc(Br)cc(C(=O)C(Cl)c2ccc(F)cc2)c1. The molecule has 0 N–H and O–H groups in total. The van der Waals surface area contributed by atoms with Crippen LogP contribution in [0.4, 0.5) is 4.39 Å². The summed E-state index contributed by atoms with van der Waals surface area (Å²) < 4.78 is 13.7. The molecule has 19 heavy (non-hydrogen) atoms. The zero-order valence-corrected chi connectivity index (χ0v) is 12.5. The number of hydrogen-bond donors (Lipinski definition) is 0. The van der Waals surface area contributed by atoms with Gasteiger partial charge in [0, 0.05) is 10.0 Å². The molecule has 98 valence electrons. The Labute approximate surface area is 124 Å². The van der Waals surface area contributed by atoms with Gasteiger partial charge in [0.1, 0.15) is 11.2 Å². The smallest absolute Gasteiger partial charge is 0.185 e. The third-order valence-corrected chi connectivity index (χ3v) is 3.63. The largest absolute Gasteiger partial charge is 0.292 e. The zero-order chi connectivity index (χ0) is 14.0. The van der Waals surface area contributed by atoms with Crippen molar-refractivity contribution in [3.8, 4) is 0 Å². The van der Waals surface area contributed by atoms with Crippen molar-refractivity contribution in [3.63, 3.8) is 0 Å². The van der Waals surface area contributed by atoms with Crippen LogP contribution in [-0.2, 0) is 0 Å². The molecule has 2 rings (SSSR count). The highest BCUT2D eigenvalue weighted by Crippen LogP contribution is 2.27. The van der Waals surface area contributed by atoms with Gasteiger partial charge in [-0.1, -0.05) is 28.1 Å². The lowest BCUT2D eigenvalue weighted by Gasteiger charge is -2.10. The van der Waals surface area contributed by atoms with Gasteiger partial charge in [0.15, 0.2) is 5.78 Å². The standard InChI is InChI=1S/C15H11BrClFO/c1-9-6-11(8-12(16)7-9)15(19)14(17)10-2-4-13(18)5-3-10/h2-8,14H,1H3. The van der Waals surface area contributed by atoms with Crippen molar-refractivity contribution in [2.75, 3.05) is 0 Å². The first-order valence-corrected chi connectivity index (χ1v) is 6.91. The van der Waals surface area contributed by atoms with Gasteiger partial charge in [-0.2, -0.15) is 0 Å². The molecule has 0 fully saturated rings. The minimum atomic E-state index is -0.811. The van der Waals surface area contributed by atoms with Crippen molar-refractivity contribution in [2.24, 2.45) is 0 Å². The fraction of sp³-hybridized carbons (Fsp3) is 0.133. The second kappa shape index (κ2) is 5.85. The van der Waals surface area contributed by atoms with E-state index in [2.05, 4.69) is 15.9 Å². The van der Waals surface area contributed by atoms with E-state index in [0.717, 1.165) is 10.0 Å². The maximum Gasteiger partial charge on any atom is 0.185 e. The molecule has 1 atom stereocenters. The van der Waals surface area contributed by atoms with Gasteiger partial charge in [-0.25, -0.2) is 4.39 Å². The average Bonchev–Trinajstić information content (AvgIpc) is 2.37. The summed E-state index contributed by atoms with van der Waals surface area (Å²) >= 11 is 9.51. The van der Waals surface area contributed by atoms with Gasteiger partial charge in [-0.3, -0.25) is 4.79 Å². The van der Waals surface area contributed by atoms with E-state index in [0.29, 0.717) is 11.1 Å². The summed E-state index contributed by atoms with van der Waals surface area (Å²) in [5.74, 6) is -0.545. The van der Waals surface area contributed by atoms with E-state index < -0.39 is 5.38 Å². The number of Topliss-reactive ketones (excluding diaryl/α,β-unsaturated/α-hetero) is 1. The lowest BCUT2D eigenvalue weighted by Crippen LogP contribution is -2.08. The molecule has 4 heteroatoms. The van der Waals surface area contributed by atoms with E-state index in [1.807, 2.05) is 13.0 Å². The monoisotopic (exact) mass is 340 g/mol. The molecule has 0 saturated carbocycles. The van der Waals surface area contributed by atoms with Crippen LogP contribution in [0.1, 0.15) is 26.9 Å². The molecular formula is C15H11BrClFO. The predicted octanol–water partition coefficient (Wildman–Crippen LogP) is 5.06. The van der Waals surface area contributed by atoms with Crippen LogP contribution in [-0.4, -0.2) is 5.78 Å². The van der Waals surface area contributed by atoms with Gasteiger partial charge in [-0.05, 0) is 48.4 Å². The van der Waals surface area contributed by atoms with Crippen LogP contribution >= 0.6 is 27.5 Å². The molecule has 0 radical (unpaired) electrons. The van der Waals surface area contributed by atoms with Crippen LogP contribution < -0.4 is 0 Å². The lowest BCUT2D eigenvalue weighted by molar-refractivity contribution is 0.0987. The van der Waals surface area contributed by atoms with Gasteiger partial charge in [-0.15, -0.1) is 11.6 Å². The van der Waals surface area contributed by atoms with Gasteiger partial charge >= 0.3 is 0 Å². The topological polar surface area (TPSA) is 17.1 Å². The summed E-state index contributed by atoms with van der Waals surface area (Å²) in [5, 5.41) is -0.811. The summed E-state index contributed by atoms with van der Waals surface area (Å²) in [6.45, 7) is 1.91. The number of rotatable bonds is 3. The maximum absolute atomic E-state index is 12.8. The molecule has 2 aromatic rings. The molecule has 0 aliphatic heterocycles. The van der Waals surface area contributed by atoms with Crippen molar-refractivity contribution >= 4 is 33.3 Å². The second-order valence-corrected chi connectivity index (χ2v) is 5.65. The number of alkyl halides is 1. The quantitative estimate of drug-likeness (QED) is 0.563. The van der Waals surface area contributed by atoms with E-state index in [4.69, 9.17) is 11.6 Å². The molecule has 0 aromatic heterocycles. The van der Waals surface area contributed by atoms with E-state index in [-0.39, 0.29) is 11.6 Å². The summed E-state index contributed by atoms with van der Waals surface area (Å²) in [6.07, 6.45) is 0. The fourth-order valence-electron chi connectivity index (χ4n) is 1.81. The Balaban J connectivity index is 2.30. The van der Waals surface area contributed by atoms with Crippen LogP contribution in [0.3, 0.4) is 0 Å². The third kappa shape index (κ3) is 3.43. The molecule has 0 saturated heterocycles. The third-order valence-electron chi connectivity index (χ3n) is 2.72.